The van der Waals surface area contributed by atoms with Gasteiger partial charge in [-0.3, -0.25) is 4.90 Å². The van der Waals surface area contributed by atoms with Gasteiger partial charge in [0.25, 0.3) is 0 Å². The van der Waals surface area contributed by atoms with Crippen molar-refractivity contribution in [2.75, 3.05) is 38.5 Å². The molecule has 1 saturated heterocycles. The largest absolute Gasteiger partial charge is 0.363 e. The summed E-state index contributed by atoms with van der Waals surface area (Å²) in [5.41, 5.74) is 5.65. The molecule has 6 nitrogen and oxygen atoms in total. The second-order valence-corrected chi connectivity index (χ2v) is 8.72. The first kappa shape index (κ1) is 20.7. The highest BCUT2D eigenvalue weighted by molar-refractivity contribution is 5.91. The van der Waals surface area contributed by atoms with Gasteiger partial charge in [0.15, 0.2) is 0 Å². The van der Waals surface area contributed by atoms with E-state index in [4.69, 9.17) is 0 Å². The molecule has 3 heterocycles. The Labute approximate surface area is 189 Å². The van der Waals surface area contributed by atoms with Gasteiger partial charge in [0.2, 0.25) is 0 Å². The molecule has 32 heavy (non-hydrogen) atoms. The quantitative estimate of drug-likeness (QED) is 0.474. The molecule has 1 fully saturated rings. The summed E-state index contributed by atoms with van der Waals surface area (Å²) in [5.74, 6) is 0.848. The Balaban J connectivity index is 1.33. The first-order valence-corrected chi connectivity index (χ1v) is 11.3. The molecule has 4 aromatic rings. The molecule has 0 saturated carbocycles. The number of likely N-dealkylation sites (N-methyl/N-ethyl adjacent to an activating group) is 1. The molecule has 0 aliphatic carbocycles. The van der Waals surface area contributed by atoms with Gasteiger partial charge in [-0.05, 0) is 36.7 Å². The monoisotopic (exact) mass is 426 g/mol. The fourth-order valence-corrected chi connectivity index (χ4v) is 4.29. The zero-order valence-corrected chi connectivity index (χ0v) is 18.8. The zero-order valence-electron chi connectivity index (χ0n) is 18.8. The van der Waals surface area contributed by atoms with Gasteiger partial charge in [-0.1, -0.05) is 54.6 Å². The number of nitrogens with one attached hydrogen (secondary N) is 2. The van der Waals surface area contributed by atoms with Crippen molar-refractivity contribution in [2.45, 2.75) is 19.5 Å². The van der Waals surface area contributed by atoms with E-state index in [2.05, 4.69) is 98.6 Å². The Hall–Kier alpha value is -3.22. The fraction of sp³-hybridized carbons (Fsp3) is 0.308. The van der Waals surface area contributed by atoms with E-state index in [1.165, 1.54) is 11.1 Å². The minimum absolute atomic E-state index is 0.154. The average Bonchev–Trinajstić information content (AvgIpc) is 3.27. The van der Waals surface area contributed by atoms with Crippen molar-refractivity contribution < 1.29 is 0 Å². The molecule has 0 unspecified atom stereocenters. The summed E-state index contributed by atoms with van der Waals surface area (Å²) in [6, 6.07) is 21.6. The molecule has 2 N–H and O–H groups in total. The molecule has 0 radical (unpaired) electrons. The molecule has 5 rings (SSSR count). The maximum absolute atomic E-state index is 4.51. The van der Waals surface area contributed by atoms with E-state index in [1.54, 1.807) is 6.33 Å². The Morgan fingerprint density at radius 3 is 2.47 bits per heavy atom. The van der Waals surface area contributed by atoms with E-state index in [9.17, 15) is 0 Å². The van der Waals surface area contributed by atoms with E-state index in [1.807, 2.05) is 6.07 Å². The number of rotatable bonds is 6. The van der Waals surface area contributed by atoms with Crippen molar-refractivity contribution in [3.8, 4) is 11.3 Å². The van der Waals surface area contributed by atoms with E-state index in [-0.39, 0.29) is 6.04 Å². The predicted molar refractivity (Wildman–Crippen MR) is 131 cm³/mol. The zero-order chi connectivity index (χ0) is 21.9. The van der Waals surface area contributed by atoms with Gasteiger partial charge in [-0.15, -0.1) is 0 Å². The minimum atomic E-state index is 0.154. The second kappa shape index (κ2) is 9.10. The highest BCUT2D eigenvalue weighted by Gasteiger charge is 2.15. The number of aromatic amines is 1. The van der Waals surface area contributed by atoms with Crippen LogP contribution in [0.5, 0.6) is 0 Å². The van der Waals surface area contributed by atoms with E-state index < -0.39 is 0 Å². The first-order valence-electron chi connectivity index (χ1n) is 11.3. The summed E-state index contributed by atoms with van der Waals surface area (Å²) in [6.45, 7) is 7.72. The smallest absolute Gasteiger partial charge is 0.143 e. The lowest BCUT2D eigenvalue weighted by Crippen LogP contribution is -2.43. The maximum atomic E-state index is 4.51. The van der Waals surface area contributed by atoms with Crippen molar-refractivity contribution in [1.82, 2.24) is 24.8 Å². The van der Waals surface area contributed by atoms with E-state index >= 15 is 0 Å². The number of hydrogen-bond donors (Lipinski definition) is 2. The van der Waals surface area contributed by atoms with Crippen LogP contribution in [0.4, 0.5) is 5.82 Å². The second-order valence-electron chi connectivity index (χ2n) is 8.72. The molecule has 1 aliphatic heterocycles. The molecule has 1 atom stereocenters. The number of H-pyrrole nitrogens is 1. The lowest BCUT2D eigenvalue weighted by Gasteiger charge is -2.32. The van der Waals surface area contributed by atoms with Gasteiger partial charge < -0.3 is 15.2 Å². The van der Waals surface area contributed by atoms with Crippen LogP contribution >= 0.6 is 0 Å². The normalized spacial score (nSPS) is 16.3. The van der Waals surface area contributed by atoms with Crippen LogP contribution < -0.4 is 5.32 Å². The van der Waals surface area contributed by atoms with Crippen molar-refractivity contribution in [2.24, 2.45) is 0 Å². The van der Waals surface area contributed by atoms with Gasteiger partial charge in [0, 0.05) is 44.5 Å². The van der Waals surface area contributed by atoms with Crippen LogP contribution in [0.3, 0.4) is 0 Å². The average molecular weight is 427 g/mol. The third kappa shape index (κ3) is 4.52. The molecule has 0 spiro atoms. The van der Waals surface area contributed by atoms with Crippen molar-refractivity contribution in [3.63, 3.8) is 0 Å². The lowest BCUT2D eigenvalue weighted by atomic mass is 10.1. The number of nitrogens with zero attached hydrogens (tertiary/aromatic N) is 4. The van der Waals surface area contributed by atoms with Crippen molar-refractivity contribution in [3.05, 3.63) is 78.1 Å². The van der Waals surface area contributed by atoms with E-state index in [0.717, 1.165) is 60.8 Å². The Morgan fingerprint density at radius 2 is 1.72 bits per heavy atom. The third-order valence-corrected chi connectivity index (χ3v) is 6.35. The SMILES string of the molecule is C[C@@H](Nc1ncnc2[nH]c(-c3ccc(CN4CCN(C)CC4)cc3)cc12)c1ccccc1. The molecular weight excluding hydrogens is 396 g/mol. The molecule has 164 valence electrons. The first-order chi connectivity index (χ1) is 15.7. The fourth-order valence-electron chi connectivity index (χ4n) is 4.29. The minimum Gasteiger partial charge on any atom is -0.363 e. The van der Waals surface area contributed by atoms with Gasteiger partial charge in [-0.25, -0.2) is 9.97 Å². The summed E-state index contributed by atoms with van der Waals surface area (Å²) in [5, 5.41) is 4.55. The number of piperazine rings is 1. The summed E-state index contributed by atoms with van der Waals surface area (Å²) in [4.78, 5) is 17.3. The number of hydrogen-bond acceptors (Lipinski definition) is 5. The summed E-state index contributed by atoms with van der Waals surface area (Å²) in [7, 11) is 2.19. The standard InChI is InChI=1S/C26H30N6/c1-19(21-6-4-3-5-7-21)29-25-23-16-24(30-26(23)28-18-27-25)22-10-8-20(9-11-22)17-32-14-12-31(2)13-15-32/h3-11,16,18-19H,12-15,17H2,1-2H3,(H2,27,28,29,30)/t19-/m1/s1. The molecular formula is C26H30N6. The molecule has 2 aromatic carbocycles. The van der Waals surface area contributed by atoms with Gasteiger partial charge in [-0.2, -0.15) is 0 Å². The van der Waals surface area contributed by atoms with Crippen LogP contribution in [0.25, 0.3) is 22.3 Å². The summed E-state index contributed by atoms with van der Waals surface area (Å²) < 4.78 is 0. The Bertz CT molecular complexity index is 1160. The van der Waals surface area contributed by atoms with Crippen LogP contribution in [0.2, 0.25) is 0 Å². The summed E-state index contributed by atoms with van der Waals surface area (Å²) >= 11 is 0. The number of aromatic nitrogens is 3. The Morgan fingerprint density at radius 1 is 0.969 bits per heavy atom. The molecule has 0 amide bonds. The predicted octanol–water partition coefficient (Wildman–Crippen LogP) is 4.55. The van der Waals surface area contributed by atoms with Crippen LogP contribution in [0.15, 0.2) is 67.0 Å². The summed E-state index contributed by atoms with van der Waals surface area (Å²) in [6.07, 6.45) is 1.61. The van der Waals surface area contributed by atoms with Gasteiger partial charge in [0.1, 0.15) is 17.8 Å². The van der Waals surface area contributed by atoms with Crippen LogP contribution in [0, 0.1) is 0 Å². The number of benzene rings is 2. The van der Waals surface area contributed by atoms with Crippen molar-refractivity contribution in [1.29, 1.82) is 0 Å². The molecule has 1 aliphatic rings. The third-order valence-electron chi connectivity index (χ3n) is 6.35. The molecule has 2 aromatic heterocycles. The van der Waals surface area contributed by atoms with Gasteiger partial charge >= 0.3 is 0 Å². The maximum Gasteiger partial charge on any atom is 0.143 e. The number of fused-ring (bicyclic) bond motifs is 1. The Kier molecular flexibility index (Phi) is 5.88. The molecule has 6 heteroatoms. The molecule has 0 bridgehead atoms. The highest BCUT2D eigenvalue weighted by atomic mass is 15.2. The highest BCUT2D eigenvalue weighted by Crippen LogP contribution is 2.29. The lowest BCUT2D eigenvalue weighted by molar-refractivity contribution is 0.148. The van der Waals surface area contributed by atoms with Gasteiger partial charge in [0.05, 0.1) is 5.39 Å². The van der Waals surface area contributed by atoms with E-state index in [0.29, 0.717) is 0 Å². The van der Waals surface area contributed by atoms with Crippen LogP contribution in [-0.4, -0.2) is 58.0 Å². The van der Waals surface area contributed by atoms with Crippen LogP contribution in [0.1, 0.15) is 24.1 Å². The van der Waals surface area contributed by atoms with Crippen LogP contribution in [-0.2, 0) is 6.54 Å². The number of anilines is 1. The topological polar surface area (TPSA) is 60.1 Å². The van der Waals surface area contributed by atoms with Crippen molar-refractivity contribution >= 4 is 16.9 Å².